The molecule has 2 N–H and O–H groups in total. The molecule has 0 aliphatic carbocycles. The van der Waals surface area contributed by atoms with Crippen molar-refractivity contribution in [2.24, 2.45) is 0 Å². The summed E-state index contributed by atoms with van der Waals surface area (Å²) in [6.45, 7) is 1.55. The Kier molecular flexibility index (Phi) is 5.22. The van der Waals surface area contributed by atoms with Crippen LogP contribution in [0.5, 0.6) is 0 Å². The van der Waals surface area contributed by atoms with Gasteiger partial charge in [-0.1, -0.05) is 35.0 Å². The number of anilines is 1. The number of aryl methyl sites for hydroxylation is 1. The summed E-state index contributed by atoms with van der Waals surface area (Å²) in [7, 11) is 0. The van der Waals surface area contributed by atoms with Gasteiger partial charge in [-0.05, 0) is 25.1 Å². The summed E-state index contributed by atoms with van der Waals surface area (Å²) in [5.41, 5.74) is 0.374. The normalized spacial score (nSPS) is 10.4. The van der Waals surface area contributed by atoms with Gasteiger partial charge in [0.15, 0.2) is 5.16 Å². The highest BCUT2D eigenvalue weighted by Gasteiger charge is 2.09. The molecule has 1 aromatic carbocycles. The second-order valence-corrected chi connectivity index (χ2v) is 5.81. The number of thioether (sulfide) groups is 1. The summed E-state index contributed by atoms with van der Waals surface area (Å²) in [5, 5.41) is 11.2. The topological polar surface area (TPSA) is 87.7 Å². The third-order valence-electron chi connectivity index (χ3n) is 2.38. The Morgan fingerprint density at radius 3 is 2.86 bits per heavy atom. The van der Waals surface area contributed by atoms with Crippen LogP contribution in [0.2, 0.25) is 10.0 Å². The first-order valence-electron chi connectivity index (χ1n) is 5.77. The van der Waals surface area contributed by atoms with Crippen LogP contribution in [0, 0.1) is 6.92 Å². The van der Waals surface area contributed by atoms with E-state index in [1.165, 1.54) is 0 Å². The predicted molar refractivity (Wildman–Crippen MR) is 83.2 cm³/mol. The Morgan fingerprint density at radius 2 is 2.14 bits per heavy atom. The van der Waals surface area contributed by atoms with E-state index in [1.54, 1.807) is 25.1 Å². The fourth-order valence-corrected chi connectivity index (χ4v) is 2.30. The molecule has 0 saturated carbocycles. The summed E-state index contributed by atoms with van der Waals surface area (Å²) >= 11 is 12.8. The minimum atomic E-state index is -0.328. The van der Waals surface area contributed by atoms with Crippen LogP contribution >= 0.6 is 35.0 Å². The number of hydrogen-bond acceptors (Lipinski definition) is 5. The van der Waals surface area contributed by atoms with Crippen LogP contribution in [0.4, 0.5) is 5.69 Å². The van der Waals surface area contributed by atoms with Gasteiger partial charge in [0.1, 0.15) is 5.69 Å². The molecule has 2 aromatic rings. The minimum absolute atomic E-state index is 0.0521. The van der Waals surface area contributed by atoms with Crippen LogP contribution in [0.1, 0.15) is 5.69 Å². The molecule has 1 heterocycles. The van der Waals surface area contributed by atoms with E-state index < -0.39 is 0 Å². The Balaban J connectivity index is 1.97. The smallest absolute Gasteiger partial charge is 0.273 e. The molecule has 9 heteroatoms. The fourth-order valence-electron chi connectivity index (χ4n) is 1.36. The number of nitrogens with zero attached hydrogens (tertiary/aromatic N) is 2. The third kappa shape index (κ3) is 4.45. The molecule has 0 aliphatic rings. The molecule has 1 amide bonds. The minimum Gasteiger partial charge on any atom is -0.324 e. The number of hydrogen-bond donors (Lipinski definition) is 2. The second kappa shape index (κ2) is 6.93. The molecule has 0 unspecified atom stereocenters. The van der Waals surface area contributed by atoms with Gasteiger partial charge in [0.25, 0.3) is 5.56 Å². The van der Waals surface area contributed by atoms with Crippen molar-refractivity contribution in [3.05, 3.63) is 44.3 Å². The number of nitrogens with one attached hydrogen (secondary N) is 2. The van der Waals surface area contributed by atoms with Crippen molar-refractivity contribution < 1.29 is 4.79 Å². The van der Waals surface area contributed by atoms with Crippen molar-refractivity contribution >= 4 is 46.6 Å². The zero-order valence-corrected chi connectivity index (χ0v) is 13.1. The van der Waals surface area contributed by atoms with Crippen molar-refractivity contribution in [3.8, 4) is 0 Å². The highest BCUT2D eigenvalue weighted by atomic mass is 35.5. The van der Waals surface area contributed by atoms with Gasteiger partial charge in [-0.25, -0.2) is 0 Å². The molecule has 1 aromatic heterocycles. The van der Waals surface area contributed by atoms with E-state index in [1.807, 2.05) is 0 Å². The number of halogens is 2. The van der Waals surface area contributed by atoms with Gasteiger partial charge in [0.2, 0.25) is 5.91 Å². The molecule has 0 fully saturated rings. The van der Waals surface area contributed by atoms with Crippen molar-refractivity contribution in [3.63, 3.8) is 0 Å². The monoisotopic (exact) mass is 344 g/mol. The maximum atomic E-state index is 11.8. The molecule has 0 spiro atoms. The highest BCUT2D eigenvalue weighted by Crippen LogP contribution is 2.25. The molecule has 0 aliphatic heterocycles. The molecular formula is C12H10Cl2N4O2S. The summed E-state index contributed by atoms with van der Waals surface area (Å²) in [6, 6.07) is 4.77. The van der Waals surface area contributed by atoms with Crippen molar-refractivity contribution in [2.75, 3.05) is 11.1 Å². The molecular weight excluding hydrogens is 335 g/mol. The predicted octanol–water partition coefficient (Wildman–Crippen LogP) is 2.51. The lowest BCUT2D eigenvalue weighted by Gasteiger charge is -2.07. The van der Waals surface area contributed by atoms with Gasteiger partial charge in [0.05, 0.1) is 16.5 Å². The average Bonchev–Trinajstić information content (AvgIpc) is 2.44. The Bertz CT molecular complexity index is 735. The molecule has 0 saturated heterocycles. The molecule has 0 radical (unpaired) electrons. The first-order chi connectivity index (χ1) is 9.95. The lowest BCUT2D eigenvalue weighted by Crippen LogP contribution is -2.17. The van der Waals surface area contributed by atoms with Crippen LogP contribution in [-0.4, -0.2) is 26.8 Å². The summed E-state index contributed by atoms with van der Waals surface area (Å²) in [5.74, 6) is -0.247. The number of aromatic amines is 1. The van der Waals surface area contributed by atoms with E-state index in [0.29, 0.717) is 15.7 Å². The quantitative estimate of drug-likeness (QED) is 0.832. The van der Waals surface area contributed by atoms with Crippen LogP contribution in [-0.2, 0) is 4.79 Å². The van der Waals surface area contributed by atoms with E-state index >= 15 is 0 Å². The Hall–Kier alpha value is -1.57. The zero-order chi connectivity index (χ0) is 15.4. The lowest BCUT2D eigenvalue weighted by molar-refractivity contribution is -0.113. The van der Waals surface area contributed by atoms with Gasteiger partial charge in [-0.15, -0.1) is 10.2 Å². The number of H-pyrrole nitrogens is 1. The molecule has 21 heavy (non-hydrogen) atoms. The number of carbonyl (C=O) groups is 1. The number of amides is 1. The first-order valence-corrected chi connectivity index (χ1v) is 7.51. The Labute approximate surface area is 134 Å². The zero-order valence-electron chi connectivity index (χ0n) is 10.8. The molecule has 6 nitrogen and oxygen atoms in total. The SMILES string of the molecule is Cc1nnc(SCC(=O)Nc2cc(Cl)ccc2Cl)[nH]c1=O. The van der Waals surface area contributed by atoms with Gasteiger partial charge in [-0.2, -0.15) is 0 Å². The number of aromatic nitrogens is 3. The van der Waals surface area contributed by atoms with Crippen molar-refractivity contribution in [1.82, 2.24) is 15.2 Å². The van der Waals surface area contributed by atoms with Crippen LogP contribution < -0.4 is 10.9 Å². The summed E-state index contributed by atoms with van der Waals surface area (Å²) in [4.78, 5) is 25.7. The maximum Gasteiger partial charge on any atom is 0.273 e. The van der Waals surface area contributed by atoms with Crippen LogP contribution in [0.3, 0.4) is 0 Å². The van der Waals surface area contributed by atoms with Crippen LogP contribution in [0.25, 0.3) is 0 Å². The van der Waals surface area contributed by atoms with Gasteiger partial charge in [0, 0.05) is 5.02 Å². The van der Waals surface area contributed by atoms with Crippen molar-refractivity contribution in [1.29, 1.82) is 0 Å². The van der Waals surface area contributed by atoms with Gasteiger partial charge < -0.3 is 5.32 Å². The van der Waals surface area contributed by atoms with Gasteiger partial charge >= 0.3 is 0 Å². The number of rotatable bonds is 4. The summed E-state index contributed by atoms with van der Waals surface area (Å²) < 4.78 is 0. The van der Waals surface area contributed by atoms with E-state index in [-0.39, 0.29) is 28.1 Å². The van der Waals surface area contributed by atoms with E-state index in [0.717, 1.165) is 11.8 Å². The van der Waals surface area contributed by atoms with E-state index in [2.05, 4.69) is 20.5 Å². The standard InChI is InChI=1S/C12H10Cl2N4O2S/c1-6-11(20)16-12(18-17-6)21-5-10(19)15-9-4-7(13)2-3-8(9)14/h2-4H,5H2,1H3,(H,15,19)(H,16,18,20). The lowest BCUT2D eigenvalue weighted by atomic mass is 10.3. The highest BCUT2D eigenvalue weighted by molar-refractivity contribution is 7.99. The fraction of sp³-hybridized carbons (Fsp3) is 0.167. The van der Waals surface area contributed by atoms with E-state index in [4.69, 9.17) is 23.2 Å². The number of carbonyl (C=O) groups excluding carboxylic acids is 1. The first kappa shape index (κ1) is 15.8. The average molecular weight is 345 g/mol. The molecule has 110 valence electrons. The molecule has 2 rings (SSSR count). The Morgan fingerprint density at radius 1 is 1.38 bits per heavy atom. The number of benzene rings is 1. The second-order valence-electron chi connectivity index (χ2n) is 4.01. The maximum absolute atomic E-state index is 11.8. The molecule has 0 atom stereocenters. The van der Waals surface area contributed by atoms with E-state index in [9.17, 15) is 9.59 Å². The van der Waals surface area contributed by atoms with Crippen LogP contribution in [0.15, 0.2) is 28.2 Å². The summed E-state index contributed by atoms with van der Waals surface area (Å²) in [6.07, 6.45) is 0. The molecule has 0 bridgehead atoms. The van der Waals surface area contributed by atoms with Crippen molar-refractivity contribution in [2.45, 2.75) is 12.1 Å². The third-order valence-corrected chi connectivity index (χ3v) is 3.81. The largest absolute Gasteiger partial charge is 0.324 e. The van der Waals surface area contributed by atoms with Gasteiger partial charge in [-0.3, -0.25) is 14.6 Å².